The van der Waals surface area contributed by atoms with Crippen LogP contribution in [0.1, 0.15) is 11.8 Å². The van der Waals surface area contributed by atoms with Gasteiger partial charge in [0.15, 0.2) is 11.9 Å². The van der Waals surface area contributed by atoms with Crippen LogP contribution in [0.15, 0.2) is 35.9 Å². The molecule has 8 heteroatoms. The van der Waals surface area contributed by atoms with Gasteiger partial charge < -0.3 is 10.1 Å². The summed E-state index contributed by atoms with van der Waals surface area (Å²) in [6.07, 6.45) is 3.24. The van der Waals surface area contributed by atoms with Gasteiger partial charge in [0.25, 0.3) is 5.91 Å². The van der Waals surface area contributed by atoms with E-state index >= 15 is 0 Å². The maximum Gasteiger partial charge on any atom is 0.331 e. The Morgan fingerprint density at radius 3 is 2.87 bits per heavy atom. The fourth-order valence-electron chi connectivity index (χ4n) is 1.53. The highest BCUT2D eigenvalue weighted by molar-refractivity contribution is 7.10. The van der Waals surface area contributed by atoms with Gasteiger partial charge in [-0.05, 0) is 30.5 Å². The van der Waals surface area contributed by atoms with Gasteiger partial charge in [-0.15, -0.1) is 11.3 Å². The standard InChI is InChI=1S/C15H12Cl2N2O3S/c1-9(22-13(20)5-4-11-3-2-6-23-11)15(21)19-14-12(17)7-10(16)8-18-14/h2-9H,1H3,(H,18,19,21)/b5-4+/t9-/m0/s1. The fraction of sp³-hybridized carbons (Fsp3) is 0.133. The summed E-state index contributed by atoms with van der Waals surface area (Å²) in [4.78, 5) is 28.5. The smallest absolute Gasteiger partial charge is 0.331 e. The molecule has 0 saturated heterocycles. The van der Waals surface area contributed by atoms with Crippen molar-refractivity contribution in [3.8, 4) is 0 Å². The number of ether oxygens (including phenoxy) is 1. The van der Waals surface area contributed by atoms with Crippen molar-refractivity contribution >= 4 is 58.3 Å². The van der Waals surface area contributed by atoms with Crippen LogP contribution < -0.4 is 5.32 Å². The van der Waals surface area contributed by atoms with Crippen molar-refractivity contribution < 1.29 is 14.3 Å². The van der Waals surface area contributed by atoms with Gasteiger partial charge in [0, 0.05) is 17.2 Å². The van der Waals surface area contributed by atoms with E-state index in [1.807, 2.05) is 17.5 Å². The molecule has 0 saturated carbocycles. The van der Waals surface area contributed by atoms with Crippen molar-refractivity contribution in [1.82, 2.24) is 4.98 Å². The maximum absolute atomic E-state index is 12.0. The molecule has 0 aliphatic heterocycles. The molecule has 0 aromatic carbocycles. The number of nitrogens with zero attached hydrogens (tertiary/aromatic N) is 1. The van der Waals surface area contributed by atoms with Gasteiger partial charge >= 0.3 is 5.97 Å². The van der Waals surface area contributed by atoms with Crippen molar-refractivity contribution in [2.24, 2.45) is 0 Å². The first kappa shape index (κ1) is 17.5. The van der Waals surface area contributed by atoms with E-state index in [2.05, 4.69) is 10.3 Å². The topological polar surface area (TPSA) is 68.3 Å². The van der Waals surface area contributed by atoms with Crippen LogP contribution in [-0.2, 0) is 14.3 Å². The van der Waals surface area contributed by atoms with Gasteiger partial charge in [0.05, 0.1) is 10.0 Å². The van der Waals surface area contributed by atoms with E-state index < -0.39 is 18.0 Å². The average molecular weight is 371 g/mol. The molecule has 0 aliphatic carbocycles. The van der Waals surface area contributed by atoms with Crippen molar-refractivity contribution in [3.05, 3.63) is 50.8 Å². The Hall–Kier alpha value is -1.89. The summed E-state index contributed by atoms with van der Waals surface area (Å²) in [5.74, 6) is -1.01. The molecule has 0 radical (unpaired) electrons. The Labute approximate surface area is 146 Å². The van der Waals surface area contributed by atoms with Crippen molar-refractivity contribution in [2.45, 2.75) is 13.0 Å². The van der Waals surface area contributed by atoms with Crippen LogP contribution in [0.25, 0.3) is 6.08 Å². The van der Waals surface area contributed by atoms with Crippen LogP contribution >= 0.6 is 34.5 Å². The SMILES string of the molecule is C[C@H](OC(=O)/C=C/c1cccs1)C(=O)Nc1ncc(Cl)cc1Cl. The number of carbonyl (C=O) groups is 2. The van der Waals surface area contributed by atoms with E-state index in [9.17, 15) is 9.59 Å². The largest absolute Gasteiger partial charge is 0.449 e. The maximum atomic E-state index is 12.0. The normalized spacial score (nSPS) is 12.1. The number of amides is 1. The lowest BCUT2D eigenvalue weighted by Gasteiger charge is -2.12. The van der Waals surface area contributed by atoms with Crippen LogP contribution in [0, 0.1) is 0 Å². The summed E-state index contributed by atoms with van der Waals surface area (Å²) in [6.45, 7) is 1.45. The van der Waals surface area contributed by atoms with Crippen LogP contribution in [0.2, 0.25) is 10.0 Å². The van der Waals surface area contributed by atoms with Gasteiger partial charge in [0.2, 0.25) is 0 Å². The molecule has 0 fully saturated rings. The highest BCUT2D eigenvalue weighted by Gasteiger charge is 2.18. The number of hydrogen-bond donors (Lipinski definition) is 1. The summed E-state index contributed by atoms with van der Waals surface area (Å²) in [5.41, 5.74) is 0. The lowest BCUT2D eigenvalue weighted by Crippen LogP contribution is -2.29. The number of anilines is 1. The molecule has 0 spiro atoms. The molecule has 1 atom stereocenters. The number of thiophene rings is 1. The molecule has 23 heavy (non-hydrogen) atoms. The summed E-state index contributed by atoms with van der Waals surface area (Å²) in [6, 6.07) is 5.18. The van der Waals surface area contributed by atoms with E-state index in [-0.39, 0.29) is 10.8 Å². The molecule has 2 rings (SSSR count). The number of aromatic nitrogens is 1. The van der Waals surface area contributed by atoms with Crippen LogP contribution in [0.3, 0.4) is 0 Å². The Balaban J connectivity index is 1.90. The highest BCUT2D eigenvalue weighted by atomic mass is 35.5. The predicted octanol–water partition coefficient (Wildman–Crippen LogP) is 4.03. The highest BCUT2D eigenvalue weighted by Crippen LogP contribution is 2.22. The first-order valence-corrected chi connectivity index (χ1v) is 8.13. The minimum absolute atomic E-state index is 0.151. The zero-order chi connectivity index (χ0) is 16.8. The Morgan fingerprint density at radius 1 is 1.43 bits per heavy atom. The molecular weight excluding hydrogens is 359 g/mol. The lowest BCUT2D eigenvalue weighted by atomic mass is 10.3. The Kier molecular flexibility index (Phi) is 6.15. The van der Waals surface area contributed by atoms with Crippen molar-refractivity contribution in [2.75, 3.05) is 5.32 Å². The first-order valence-electron chi connectivity index (χ1n) is 6.50. The van der Waals surface area contributed by atoms with Crippen LogP contribution in [0.4, 0.5) is 5.82 Å². The van der Waals surface area contributed by atoms with E-state index in [0.29, 0.717) is 5.02 Å². The number of halogens is 2. The zero-order valence-corrected chi connectivity index (χ0v) is 14.3. The third-order valence-corrected chi connectivity index (χ3v) is 3.97. The van der Waals surface area contributed by atoms with Gasteiger partial charge in [-0.25, -0.2) is 9.78 Å². The molecule has 2 aromatic rings. The zero-order valence-electron chi connectivity index (χ0n) is 12.0. The molecule has 2 heterocycles. The number of nitrogens with one attached hydrogen (secondary N) is 1. The van der Waals surface area contributed by atoms with E-state index in [4.69, 9.17) is 27.9 Å². The van der Waals surface area contributed by atoms with Gasteiger partial charge in [-0.2, -0.15) is 0 Å². The Morgan fingerprint density at radius 2 is 2.22 bits per heavy atom. The molecule has 5 nitrogen and oxygen atoms in total. The second-order valence-electron chi connectivity index (χ2n) is 4.40. The summed E-state index contributed by atoms with van der Waals surface area (Å²) >= 11 is 13.1. The quantitative estimate of drug-likeness (QED) is 0.636. The predicted molar refractivity (Wildman–Crippen MR) is 91.8 cm³/mol. The molecule has 1 N–H and O–H groups in total. The van der Waals surface area contributed by atoms with E-state index in [1.54, 1.807) is 6.08 Å². The van der Waals surface area contributed by atoms with Crippen LogP contribution in [0.5, 0.6) is 0 Å². The molecule has 0 aliphatic rings. The Bertz CT molecular complexity index is 732. The third kappa shape index (κ3) is 5.35. The number of carbonyl (C=O) groups excluding carboxylic acids is 2. The molecule has 2 aromatic heterocycles. The first-order chi connectivity index (χ1) is 11.0. The number of pyridine rings is 1. The minimum Gasteiger partial charge on any atom is -0.449 e. The second-order valence-corrected chi connectivity index (χ2v) is 6.22. The molecule has 0 unspecified atom stereocenters. The van der Waals surface area contributed by atoms with Crippen molar-refractivity contribution in [3.63, 3.8) is 0 Å². The molecule has 1 amide bonds. The van der Waals surface area contributed by atoms with E-state index in [0.717, 1.165) is 4.88 Å². The van der Waals surface area contributed by atoms with Crippen LogP contribution in [-0.4, -0.2) is 23.0 Å². The average Bonchev–Trinajstić information content (AvgIpc) is 3.01. The van der Waals surface area contributed by atoms with Gasteiger partial charge in [-0.3, -0.25) is 4.79 Å². The molecular formula is C15H12Cl2N2O3S. The summed E-state index contributed by atoms with van der Waals surface area (Å²) in [7, 11) is 0. The molecule has 120 valence electrons. The minimum atomic E-state index is -0.996. The number of hydrogen-bond acceptors (Lipinski definition) is 5. The summed E-state index contributed by atoms with van der Waals surface area (Å²) in [5, 5.41) is 4.91. The van der Waals surface area contributed by atoms with Crippen molar-refractivity contribution in [1.29, 1.82) is 0 Å². The lowest BCUT2D eigenvalue weighted by molar-refractivity contribution is -0.148. The third-order valence-electron chi connectivity index (χ3n) is 2.64. The second kappa shape index (κ2) is 8.10. The fourth-order valence-corrected chi connectivity index (χ4v) is 2.57. The monoisotopic (exact) mass is 370 g/mol. The van der Waals surface area contributed by atoms with Gasteiger partial charge in [0.1, 0.15) is 0 Å². The summed E-state index contributed by atoms with van der Waals surface area (Å²) < 4.78 is 5.02. The number of rotatable bonds is 5. The molecule has 0 bridgehead atoms. The number of esters is 1. The van der Waals surface area contributed by atoms with E-state index in [1.165, 1.54) is 36.6 Å². The van der Waals surface area contributed by atoms with Gasteiger partial charge in [-0.1, -0.05) is 29.3 Å².